The molecule has 3 amide bonds. The number of hydrogen-bond donors (Lipinski definition) is 1. The molecule has 208 valence electrons. The highest BCUT2D eigenvalue weighted by Crippen LogP contribution is 2.47. The van der Waals surface area contributed by atoms with Crippen molar-refractivity contribution in [2.24, 2.45) is 0 Å². The summed E-state index contributed by atoms with van der Waals surface area (Å²) >= 11 is 7.24. The van der Waals surface area contributed by atoms with Crippen molar-refractivity contribution >= 4 is 70.0 Å². The van der Waals surface area contributed by atoms with Crippen LogP contribution in [0.2, 0.25) is 0 Å². The second kappa shape index (κ2) is 11.6. The molecule has 4 aromatic rings. The van der Waals surface area contributed by atoms with Gasteiger partial charge in [-0.15, -0.1) is 0 Å². The van der Waals surface area contributed by atoms with Crippen molar-refractivity contribution in [2.45, 2.75) is 9.79 Å². The SMILES string of the molecule is COc1ccc(/C=C2/C(=O)N(NCC(=O)N3c4ccccc4Sc4ccccc43)C(=S)N(c3ccccc3)C2=O)cc1. The van der Waals surface area contributed by atoms with E-state index in [9.17, 15) is 14.4 Å². The van der Waals surface area contributed by atoms with Crippen LogP contribution in [-0.2, 0) is 14.4 Å². The lowest BCUT2D eigenvalue weighted by molar-refractivity contribution is -0.130. The van der Waals surface area contributed by atoms with Gasteiger partial charge in [0.2, 0.25) is 11.0 Å². The van der Waals surface area contributed by atoms with Crippen molar-refractivity contribution in [3.8, 4) is 5.75 Å². The molecule has 8 nitrogen and oxygen atoms in total. The summed E-state index contributed by atoms with van der Waals surface area (Å²) in [4.78, 5) is 46.0. The van der Waals surface area contributed by atoms with Gasteiger partial charge in [-0.2, -0.15) is 0 Å². The molecule has 1 N–H and O–H groups in total. The van der Waals surface area contributed by atoms with Gasteiger partial charge in [0, 0.05) is 9.79 Å². The smallest absolute Gasteiger partial charge is 0.280 e. The van der Waals surface area contributed by atoms with Gasteiger partial charge in [-0.05, 0) is 72.4 Å². The van der Waals surface area contributed by atoms with Crippen LogP contribution in [0, 0.1) is 0 Å². The minimum atomic E-state index is -0.657. The van der Waals surface area contributed by atoms with Crippen molar-refractivity contribution < 1.29 is 19.1 Å². The second-order valence-corrected chi connectivity index (χ2v) is 10.8. The Morgan fingerprint density at radius 2 is 1.43 bits per heavy atom. The first kappa shape index (κ1) is 27.4. The summed E-state index contributed by atoms with van der Waals surface area (Å²) in [6.07, 6.45) is 1.51. The van der Waals surface area contributed by atoms with Gasteiger partial charge in [-0.25, -0.2) is 10.4 Å². The van der Waals surface area contributed by atoms with Gasteiger partial charge in [-0.3, -0.25) is 24.2 Å². The van der Waals surface area contributed by atoms with Crippen molar-refractivity contribution in [2.75, 3.05) is 23.5 Å². The average molecular weight is 593 g/mol. The van der Waals surface area contributed by atoms with E-state index in [1.165, 1.54) is 11.0 Å². The van der Waals surface area contributed by atoms with E-state index >= 15 is 0 Å². The van der Waals surface area contributed by atoms with Gasteiger partial charge < -0.3 is 4.74 Å². The van der Waals surface area contributed by atoms with Crippen molar-refractivity contribution in [3.05, 3.63) is 114 Å². The molecule has 6 rings (SSSR count). The predicted octanol–water partition coefficient (Wildman–Crippen LogP) is 5.57. The molecule has 4 aromatic carbocycles. The van der Waals surface area contributed by atoms with Crippen LogP contribution in [0.15, 0.2) is 118 Å². The van der Waals surface area contributed by atoms with E-state index in [2.05, 4.69) is 5.43 Å². The standard InChI is InChI=1S/C32H24N4O4S2/c1-40-23-17-15-21(16-18-23)19-24-30(38)34(22-9-3-2-4-10-22)32(41)36(31(24)39)33-20-29(37)35-25-11-5-7-13-27(25)42-28-14-8-6-12-26(28)35/h2-19,33H,20H2,1H3/b24-19+. The third-order valence-electron chi connectivity index (χ3n) is 6.76. The number of methoxy groups -OCH3 is 1. The van der Waals surface area contributed by atoms with E-state index in [1.54, 1.807) is 72.3 Å². The molecule has 0 radical (unpaired) electrons. The molecule has 0 bridgehead atoms. The van der Waals surface area contributed by atoms with Gasteiger partial charge in [0.25, 0.3) is 11.8 Å². The van der Waals surface area contributed by atoms with Crippen molar-refractivity contribution in [3.63, 3.8) is 0 Å². The van der Waals surface area contributed by atoms with Gasteiger partial charge in [0.1, 0.15) is 11.3 Å². The number of nitrogens with one attached hydrogen (secondary N) is 1. The summed E-state index contributed by atoms with van der Waals surface area (Å²) in [5.74, 6) is -0.871. The zero-order valence-electron chi connectivity index (χ0n) is 22.4. The van der Waals surface area contributed by atoms with Crippen LogP contribution in [0.1, 0.15) is 5.56 Å². The number of para-hydroxylation sites is 3. The van der Waals surface area contributed by atoms with Crippen LogP contribution in [0.4, 0.5) is 17.1 Å². The number of rotatable bonds is 6. The molecule has 2 aliphatic rings. The number of fused-ring (bicyclic) bond motifs is 2. The lowest BCUT2D eigenvalue weighted by Gasteiger charge is -2.37. The fourth-order valence-electron chi connectivity index (χ4n) is 4.74. The number of nitrogens with zero attached hydrogens (tertiary/aromatic N) is 3. The zero-order chi connectivity index (χ0) is 29.2. The molecule has 0 saturated carbocycles. The highest BCUT2D eigenvalue weighted by Gasteiger charge is 2.41. The van der Waals surface area contributed by atoms with E-state index < -0.39 is 11.8 Å². The molecular weight excluding hydrogens is 569 g/mol. The first-order chi connectivity index (χ1) is 20.5. The van der Waals surface area contributed by atoms with Gasteiger partial charge >= 0.3 is 0 Å². The number of anilines is 3. The zero-order valence-corrected chi connectivity index (χ0v) is 24.0. The fraction of sp³-hybridized carbons (Fsp3) is 0.0625. The van der Waals surface area contributed by atoms with Crippen LogP contribution in [-0.4, -0.2) is 41.5 Å². The van der Waals surface area contributed by atoms with E-state index in [4.69, 9.17) is 17.0 Å². The molecular formula is C32H24N4O4S2. The number of ether oxygens (including phenoxy) is 1. The minimum Gasteiger partial charge on any atom is -0.497 e. The van der Waals surface area contributed by atoms with Crippen molar-refractivity contribution in [1.29, 1.82) is 0 Å². The Kier molecular flexibility index (Phi) is 7.58. The van der Waals surface area contributed by atoms with Crippen LogP contribution < -0.4 is 20.0 Å². The maximum atomic E-state index is 13.8. The molecule has 2 heterocycles. The summed E-state index contributed by atoms with van der Waals surface area (Å²) in [5, 5.41) is 1.01. The molecule has 2 aliphatic heterocycles. The van der Waals surface area contributed by atoms with Crippen LogP contribution in [0.3, 0.4) is 0 Å². The maximum Gasteiger partial charge on any atom is 0.280 e. The molecule has 0 spiro atoms. The first-order valence-electron chi connectivity index (χ1n) is 13.0. The summed E-state index contributed by atoms with van der Waals surface area (Å²) in [6.45, 7) is -0.258. The van der Waals surface area contributed by atoms with E-state index in [1.807, 2.05) is 54.6 Å². The molecule has 42 heavy (non-hydrogen) atoms. The highest BCUT2D eigenvalue weighted by atomic mass is 32.2. The number of carbonyl (C=O) groups is 3. The van der Waals surface area contributed by atoms with E-state index in [0.29, 0.717) is 17.0 Å². The number of thiocarbonyl (C=S) groups is 1. The van der Waals surface area contributed by atoms with Gasteiger partial charge in [-0.1, -0.05) is 66.4 Å². The number of amides is 3. The Labute approximate surface area is 252 Å². The largest absolute Gasteiger partial charge is 0.497 e. The lowest BCUT2D eigenvalue weighted by Crippen LogP contribution is -2.62. The van der Waals surface area contributed by atoms with Gasteiger partial charge in [0.15, 0.2) is 0 Å². The molecule has 0 aliphatic carbocycles. The number of benzene rings is 4. The fourth-order valence-corrected chi connectivity index (χ4v) is 6.13. The lowest BCUT2D eigenvalue weighted by atomic mass is 10.1. The first-order valence-corrected chi connectivity index (χ1v) is 14.2. The van der Waals surface area contributed by atoms with Gasteiger partial charge in [0.05, 0.1) is 30.7 Å². The van der Waals surface area contributed by atoms with E-state index in [-0.39, 0.29) is 23.1 Å². The third-order valence-corrected chi connectivity index (χ3v) is 8.26. The summed E-state index contributed by atoms with van der Waals surface area (Å²) < 4.78 is 5.22. The average Bonchev–Trinajstić information content (AvgIpc) is 3.02. The van der Waals surface area contributed by atoms with Crippen molar-refractivity contribution in [1.82, 2.24) is 10.4 Å². The molecule has 10 heteroatoms. The van der Waals surface area contributed by atoms with Crippen LogP contribution in [0.5, 0.6) is 5.75 Å². The summed E-state index contributed by atoms with van der Waals surface area (Å²) in [6, 6.07) is 31.1. The van der Waals surface area contributed by atoms with E-state index in [0.717, 1.165) is 26.2 Å². The topological polar surface area (TPSA) is 82.2 Å². The summed E-state index contributed by atoms with van der Waals surface area (Å²) in [5.41, 5.74) is 5.44. The Hall–Kier alpha value is -4.77. The highest BCUT2D eigenvalue weighted by molar-refractivity contribution is 7.99. The maximum absolute atomic E-state index is 13.8. The number of hydrazine groups is 1. The second-order valence-electron chi connectivity index (χ2n) is 9.33. The predicted molar refractivity (Wildman–Crippen MR) is 166 cm³/mol. The van der Waals surface area contributed by atoms with Crippen LogP contribution >= 0.6 is 24.0 Å². The molecule has 1 fully saturated rings. The molecule has 0 aromatic heterocycles. The number of carbonyl (C=O) groups excluding carboxylic acids is 3. The normalized spacial score (nSPS) is 15.5. The molecule has 0 atom stereocenters. The Morgan fingerprint density at radius 3 is 2.05 bits per heavy atom. The monoisotopic (exact) mass is 592 g/mol. The summed E-state index contributed by atoms with van der Waals surface area (Å²) in [7, 11) is 1.56. The molecule has 1 saturated heterocycles. The Balaban J connectivity index is 1.32. The van der Waals surface area contributed by atoms with Crippen LogP contribution in [0.25, 0.3) is 6.08 Å². The number of hydrogen-bond acceptors (Lipinski definition) is 7. The quantitative estimate of drug-likeness (QED) is 0.178. The Morgan fingerprint density at radius 1 is 0.833 bits per heavy atom. The Bertz CT molecular complexity index is 1700. The molecule has 0 unspecified atom stereocenters. The minimum absolute atomic E-state index is 0.0779. The third kappa shape index (κ3) is 5.07.